The molecule has 1 aromatic rings. The van der Waals surface area contributed by atoms with Crippen molar-refractivity contribution in [3.05, 3.63) is 39.8 Å². The van der Waals surface area contributed by atoms with Crippen molar-refractivity contribution in [3.8, 4) is 0 Å². The van der Waals surface area contributed by atoms with Crippen molar-refractivity contribution in [2.45, 2.75) is 0 Å². The number of methoxy groups -OCH3 is 1. The molecule has 0 aromatic carbocycles. The Kier molecular flexibility index (Phi) is 4.36. The fourth-order valence-corrected chi connectivity index (χ4v) is 1.27. The molecule has 0 atom stereocenters. The van der Waals surface area contributed by atoms with Crippen LogP contribution in [-0.2, 0) is 4.74 Å². The van der Waals surface area contributed by atoms with Crippen molar-refractivity contribution >= 4 is 17.7 Å². The van der Waals surface area contributed by atoms with Crippen LogP contribution in [-0.4, -0.2) is 42.0 Å². The van der Waals surface area contributed by atoms with Crippen molar-refractivity contribution in [2.75, 3.05) is 21.2 Å². The van der Waals surface area contributed by atoms with Crippen LogP contribution >= 0.6 is 0 Å². The predicted octanol–water partition coefficient (Wildman–Crippen LogP) is 1.31. The first kappa shape index (κ1) is 13.6. The lowest BCUT2D eigenvalue weighted by Gasteiger charge is -2.05. The van der Waals surface area contributed by atoms with E-state index in [0.717, 1.165) is 7.11 Å². The number of hydrogen-bond donors (Lipinski definition) is 0. The van der Waals surface area contributed by atoms with Gasteiger partial charge in [0.2, 0.25) is 5.69 Å². The second-order valence-corrected chi connectivity index (χ2v) is 3.63. The SMILES string of the molecule is COC(=O)c1nccc(/C=C/N(C)C)c1[N+](=O)[O-]. The van der Waals surface area contributed by atoms with Crippen molar-refractivity contribution in [2.24, 2.45) is 0 Å². The highest BCUT2D eigenvalue weighted by molar-refractivity contribution is 5.93. The molecule has 0 radical (unpaired) electrons. The van der Waals surface area contributed by atoms with E-state index < -0.39 is 10.9 Å². The van der Waals surface area contributed by atoms with Gasteiger partial charge >= 0.3 is 11.7 Å². The minimum atomic E-state index is -0.832. The summed E-state index contributed by atoms with van der Waals surface area (Å²) in [5.74, 6) is -0.832. The Labute approximate surface area is 104 Å². The Hall–Kier alpha value is -2.44. The van der Waals surface area contributed by atoms with E-state index in [4.69, 9.17) is 0 Å². The third kappa shape index (κ3) is 3.03. The first-order valence-corrected chi connectivity index (χ1v) is 5.03. The maximum Gasteiger partial charge on any atom is 0.363 e. The third-order valence-corrected chi connectivity index (χ3v) is 2.07. The van der Waals surface area contributed by atoms with Gasteiger partial charge in [-0.2, -0.15) is 0 Å². The zero-order chi connectivity index (χ0) is 13.7. The fourth-order valence-electron chi connectivity index (χ4n) is 1.27. The van der Waals surface area contributed by atoms with Gasteiger partial charge in [0.1, 0.15) is 0 Å². The molecule has 0 saturated carbocycles. The maximum atomic E-state index is 11.4. The van der Waals surface area contributed by atoms with Gasteiger partial charge in [-0.25, -0.2) is 9.78 Å². The van der Waals surface area contributed by atoms with Gasteiger partial charge in [0, 0.05) is 20.3 Å². The van der Waals surface area contributed by atoms with Crippen molar-refractivity contribution in [1.82, 2.24) is 9.88 Å². The van der Waals surface area contributed by atoms with E-state index in [1.54, 1.807) is 25.2 Å². The molecule has 1 aromatic heterocycles. The number of hydrogen-bond acceptors (Lipinski definition) is 6. The van der Waals surface area contributed by atoms with Gasteiger partial charge < -0.3 is 9.64 Å². The highest BCUT2D eigenvalue weighted by Crippen LogP contribution is 2.23. The topological polar surface area (TPSA) is 85.6 Å². The van der Waals surface area contributed by atoms with Crippen LogP contribution in [0.25, 0.3) is 6.08 Å². The van der Waals surface area contributed by atoms with Crippen LogP contribution in [0.2, 0.25) is 0 Å². The zero-order valence-electron chi connectivity index (χ0n) is 10.3. The zero-order valence-corrected chi connectivity index (χ0v) is 10.3. The number of aromatic nitrogens is 1. The summed E-state index contributed by atoms with van der Waals surface area (Å²) in [6.07, 6.45) is 4.50. The van der Waals surface area contributed by atoms with Crippen LogP contribution in [0.5, 0.6) is 0 Å². The summed E-state index contributed by atoms with van der Waals surface area (Å²) in [4.78, 5) is 27.2. The Morgan fingerprint density at radius 1 is 1.56 bits per heavy atom. The standard InChI is InChI=1S/C11H13N3O4/c1-13(2)7-5-8-4-6-12-9(11(15)18-3)10(8)14(16)17/h4-7H,1-3H3/b7-5+. The molecule has 0 aliphatic heterocycles. The Balaban J connectivity index is 3.35. The molecule has 0 spiro atoms. The van der Waals surface area contributed by atoms with Gasteiger partial charge in [0.25, 0.3) is 0 Å². The first-order valence-electron chi connectivity index (χ1n) is 5.03. The van der Waals surface area contributed by atoms with E-state index in [2.05, 4.69) is 9.72 Å². The van der Waals surface area contributed by atoms with Crippen LogP contribution in [0.1, 0.15) is 16.1 Å². The van der Waals surface area contributed by atoms with Crippen molar-refractivity contribution in [1.29, 1.82) is 0 Å². The molecule has 1 heterocycles. The number of carbonyl (C=O) groups excluding carboxylic acids is 1. The largest absolute Gasteiger partial charge is 0.464 e. The molecule has 7 heteroatoms. The first-order chi connectivity index (χ1) is 8.47. The molecule has 0 aliphatic carbocycles. The molecule has 0 saturated heterocycles. The number of esters is 1. The van der Waals surface area contributed by atoms with Crippen molar-refractivity contribution in [3.63, 3.8) is 0 Å². The van der Waals surface area contributed by atoms with E-state index in [9.17, 15) is 14.9 Å². The van der Waals surface area contributed by atoms with Crippen molar-refractivity contribution < 1.29 is 14.5 Å². The molecule has 0 N–H and O–H groups in total. The van der Waals surface area contributed by atoms with E-state index in [1.807, 2.05) is 0 Å². The average molecular weight is 251 g/mol. The van der Waals surface area contributed by atoms with Crippen LogP contribution in [0, 0.1) is 10.1 Å². The summed E-state index contributed by atoms with van der Waals surface area (Å²) in [5, 5.41) is 11.0. The maximum absolute atomic E-state index is 11.4. The summed E-state index contributed by atoms with van der Waals surface area (Å²) in [7, 11) is 4.71. The highest BCUT2D eigenvalue weighted by Gasteiger charge is 2.25. The average Bonchev–Trinajstić information content (AvgIpc) is 2.34. The molecule has 0 aliphatic rings. The van der Waals surface area contributed by atoms with Crippen LogP contribution in [0.3, 0.4) is 0 Å². The summed E-state index contributed by atoms with van der Waals surface area (Å²) in [6, 6.07) is 1.46. The minimum Gasteiger partial charge on any atom is -0.464 e. The molecule has 1 rings (SSSR count). The fraction of sp³-hybridized carbons (Fsp3) is 0.273. The molecule has 96 valence electrons. The van der Waals surface area contributed by atoms with E-state index in [0.29, 0.717) is 5.56 Å². The van der Waals surface area contributed by atoms with Gasteiger partial charge in [-0.3, -0.25) is 10.1 Å². The van der Waals surface area contributed by atoms with Gasteiger partial charge in [0.15, 0.2) is 0 Å². The highest BCUT2D eigenvalue weighted by atomic mass is 16.6. The predicted molar refractivity (Wildman–Crippen MR) is 65.0 cm³/mol. The molecule has 0 fully saturated rings. The van der Waals surface area contributed by atoms with Gasteiger partial charge in [-0.05, 0) is 18.3 Å². The summed E-state index contributed by atoms with van der Waals surface area (Å²) < 4.78 is 4.47. The van der Waals surface area contributed by atoms with Gasteiger partial charge in [-0.15, -0.1) is 0 Å². The van der Waals surface area contributed by atoms with Gasteiger partial charge in [-0.1, -0.05) is 0 Å². The normalized spacial score (nSPS) is 10.4. The lowest BCUT2D eigenvalue weighted by atomic mass is 10.1. The Morgan fingerprint density at radius 3 is 2.72 bits per heavy atom. The van der Waals surface area contributed by atoms with E-state index in [1.165, 1.54) is 18.3 Å². The second kappa shape index (κ2) is 5.76. The third-order valence-electron chi connectivity index (χ3n) is 2.07. The molecule has 0 bridgehead atoms. The summed E-state index contributed by atoms with van der Waals surface area (Å²) in [5.41, 5.74) is -0.366. The summed E-state index contributed by atoms with van der Waals surface area (Å²) in [6.45, 7) is 0. The smallest absolute Gasteiger partial charge is 0.363 e. The quantitative estimate of drug-likeness (QED) is 0.455. The molecule has 0 amide bonds. The number of carbonyl (C=O) groups is 1. The van der Waals surface area contributed by atoms with Crippen LogP contribution in [0.15, 0.2) is 18.5 Å². The van der Waals surface area contributed by atoms with E-state index in [-0.39, 0.29) is 11.4 Å². The lowest BCUT2D eigenvalue weighted by molar-refractivity contribution is -0.385. The molecular formula is C11H13N3O4. The number of pyridine rings is 1. The Bertz CT molecular complexity index is 497. The number of nitro groups is 1. The number of rotatable bonds is 4. The molecular weight excluding hydrogens is 238 g/mol. The lowest BCUT2D eigenvalue weighted by Crippen LogP contribution is -2.09. The summed E-state index contributed by atoms with van der Waals surface area (Å²) >= 11 is 0. The molecule has 18 heavy (non-hydrogen) atoms. The number of nitrogens with zero attached hydrogens (tertiary/aromatic N) is 3. The molecule has 0 unspecified atom stereocenters. The van der Waals surface area contributed by atoms with Gasteiger partial charge in [0.05, 0.1) is 17.6 Å². The minimum absolute atomic E-state index is 0.295. The molecule has 7 nitrogen and oxygen atoms in total. The van der Waals surface area contributed by atoms with Crippen LogP contribution < -0.4 is 0 Å². The van der Waals surface area contributed by atoms with E-state index >= 15 is 0 Å². The van der Waals surface area contributed by atoms with Crippen LogP contribution in [0.4, 0.5) is 5.69 Å². The number of ether oxygens (including phenoxy) is 1. The monoisotopic (exact) mass is 251 g/mol. The second-order valence-electron chi connectivity index (χ2n) is 3.63. The Morgan fingerprint density at radius 2 is 2.22 bits per heavy atom.